The minimum absolute atomic E-state index is 0.0700. The van der Waals surface area contributed by atoms with Crippen molar-refractivity contribution in [2.24, 2.45) is 5.92 Å². The number of carbonyl (C=O) groups excluding carboxylic acids is 2. The van der Waals surface area contributed by atoms with Gasteiger partial charge in [0.1, 0.15) is 5.82 Å². The molecule has 0 fully saturated rings. The van der Waals surface area contributed by atoms with Crippen molar-refractivity contribution in [3.8, 4) is 0 Å². The topological polar surface area (TPSA) is 81.4 Å². The quantitative estimate of drug-likeness (QED) is 0.631. The number of benzene rings is 1. The Bertz CT molecular complexity index is 521. The van der Waals surface area contributed by atoms with Gasteiger partial charge in [-0.1, -0.05) is 13.8 Å². The molecule has 1 amide bonds. The maximum Gasteiger partial charge on any atom is 0.339 e. The van der Waals surface area contributed by atoms with Crippen molar-refractivity contribution in [2.45, 2.75) is 13.8 Å². The average molecular weight is 347 g/mol. The van der Waals surface area contributed by atoms with Crippen LogP contribution in [0.2, 0.25) is 0 Å². The van der Waals surface area contributed by atoms with Gasteiger partial charge in [0.2, 0.25) is 0 Å². The highest BCUT2D eigenvalue weighted by molar-refractivity contribution is 9.10. The Morgan fingerprint density at radius 3 is 2.70 bits per heavy atom. The van der Waals surface area contributed by atoms with Crippen LogP contribution >= 0.6 is 15.9 Å². The van der Waals surface area contributed by atoms with Gasteiger partial charge in [-0.05, 0) is 34.0 Å². The highest BCUT2D eigenvalue weighted by atomic mass is 79.9. The molecular formula is C13H16BrFN2O3. The highest BCUT2D eigenvalue weighted by Gasteiger charge is 2.16. The predicted molar refractivity (Wildman–Crippen MR) is 76.6 cm³/mol. The summed E-state index contributed by atoms with van der Waals surface area (Å²) in [6.45, 7) is 4.01. The molecule has 0 unspecified atom stereocenters. The lowest BCUT2D eigenvalue weighted by Crippen LogP contribution is -2.31. The molecule has 3 N–H and O–H groups in total. The second-order valence-electron chi connectivity index (χ2n) is 4.63. The number of nitrogens with one attached hydrogen (secondary N) is 1. The number of ether oxygens (including phenoxy) is 1. The molecule has 0 aliphatic heterocycles. The molecule has 0 aromatic heterocycles. The van der Waals surface area contributed by atoms with Crippen LogP contribution in [0, 0.1) is 11.7 Å². The van der Waals surface area contributed by atoms with E-state index in [0.29, 0.717) is 12.5 Å². The minimum Gasteiger partial charge on any atom is -0.452 e. The van der Waals surface area contributed by atoms with Gasteiger partial charge in [-0.25, -0.2) is 9.18 Å². The number of rotatable bonds is 5. The van der Waals surface area contributed by atoms with Crippen molar-refractivity contribution in [2.75, 3.05) is 18.9 Å². The Morgan fingerprint density at radius 1 is 1.45 bits per heavy atom. The highest BCUT2D eigenvalue weighted by Crippen LogP contribution is 2.23. The third kappa shape index (κ3) is 4.80. The summed E-state index contributed by atoms with van der Waals surface area (Å²) in [6.07, 6.45) is 0. The molecule has 1 aromatic carbocycles. The van der Waals surface area contributed by atoms with Gasteiger partial charge in [0.25, 0.3) is 5.91 Å². The Kier molecular flexibility index (Phi) is 5.94. The monoisotopic (exact) mass is 346 g/mol. The number of esters is 1. The molecule has 0 saturated heterocycles. The molecule has 0 aliphatic rings. The van der Waals surface area contributed by atoms with Gasteiger partial charge in [0, 0.05) is 11.0 Å². The number of hydrogen-bond donors (Lipinski definition) is 2. The zero-order chi connectivity index (χ0) is 15.3. The number of carbonyl (C=O) groups is 2. The van der Waals surface area contributed by atoms with Crippen molar-refractivity contribution >= 4 is 33.5 Å². The largest absolute Gasteiger partial charge is 0.452 e. The van der Waals surface area contributed by atoms with Gasteiger partial charge in [0.15, 0.2) is 6.61 Å². The Morgan fingerprint density at radius 2 is 2.10 bits per heavy atom. The maximum atomic E-state index is 13.1. The van der Waals surface area contributed by atoms with E-state index in [-0.39, 0.29) is 15.7 Å². The normalized spacial score (nSPS) is 10.4. The standard InChI is InChI=1S/C13H16BrFN2O3/c1-7(2)5-17-12(18)6-20-13(19)8-3-11(16)10(15)4-9(8)14/h3-4,7H,5-6,16H2,1-2H3,(H,17,18). The number of halogens is 2. The summed E-state index contributed by atoms with van der Waals surface area (Å²) >= 11 is 3.04. The fourth-order valence-corrected chi connectivity index (χ4v) is 1.78. The van der Waals surface area contributed by atoms with E-state index in [2.05, 4.69) is 21.2 Å². The van der Waals surface area contributed by atoms with Gasteiger partial charge in [-0.15, -0.1) is 0 Å². The number of anilines is 1. The summed E-state index contributed by atoms with van der Waals surface area (Å²) in [7, 11) is 0. The summed E-state index contributed by atoms with van der Waals surface area (Å²) in [5.41, 5.74) is 5.29. The molecule has 0 spiro atoms. The summed E-state index contributed by atoms with van der Waals surface area (Å²) in [5, 5.41) is 2.61. The van der Waals surface area contributed by atoms with E-state index in [1.807, 2.05) is 13.8 Å². The van der Waals surface area contributed by atoms with Crippen LogP contribution in [0.25, 0.3) is 0 Å². The van der Waals surface area contributed by atoms with Crippen molar-refractivity contribution in [3.63, 3.8) is 0 Å². The van der Waals surface area contributed by atoms with Crippen molar-refractivity contribution < 1.29 is 18.7 Å². The molecule has 0 bridgehead atoms. The van der Waals surface area contributed by atoms with Crippen LogP contribution in [-0.2, 0) is 9.53 Å². The molecule has 5 nitrogen and oxygen atoms in total. The first-order valence-corrected chi connectivity index (χ1v) is 6.79. The first-order chi connectivity index (χ1) is 9.31. The van der Waals surface area contributed by atoms with Gasteiger partial charge < -0.3 is 15.8 Å². The van der Waals surface area contributed by atoms with Crippen LogP contribution in [0.15, 0.2) is 16.6 Å². The first kappa shape index (κ1) is 16.4. The third-order valence-electron chi connectivity index (χ3n) is 2.35. The smallest absolute Gasteiger partial charge is 0.339 e. The van der Waals surface area contributed by atoms with Gasteiger partial charge in [0.05, 0.1) is 11.3 Å². The zero-order valence-electron chi connectivity index (χ0n) is 11.2. The van der Waals surface area contributed by atoms with E-state index in [1.165, 1.54) is 0 Å². The van der Waals surface area contributed by atoms with Gasteiger partial charge in [-0.2, -0.15) is 0 Å². The lowest BCUT2D eigenvalue weighted by molar-refractivity contribution is -0.124. The maximum absolute atomic E-state index is 13.1. The van der Waals surface area contributed by atoms with Crippen LogP contribution in [0.1, 0.15) is 24.2 Å². The van der Waals surface area contributed by atoms with E-state index in [0.717, 1.165) is 12.1 Å². The second kappa shape index (κ2) is 7.23. The predicted octanol–water partition coefficient (Wildman–Crippen LogP) is 2.10. The van der Waals surface area contributed by atoms with E-state index in [1.54, 1.807) is 0 Å². The molecule has 0 aliphatic carbocycles. The van der Waals surface area contributed by atoms with E-state index >= 15 is 0 Å². The number of hydrogen-bond acceptors (Lipinski definition) is 4. The zero-order valence-corrected chi connectivity index (χ0v) is 12.8. The third-order valence-corrected chi connectivity index (χ3v) is 3.00. The molecule has 1 aromatic rings. The van der Waals surface area contributed by atoms with Crippen molar-refractivity contribution in [1.82, 2.24) is 5.32 Å². The number of nitrogens with two attached hydrogens (primary N) is 1. The summed E-state index contributed by atoms with van der Waals surface area (Å²) in [4.78, 5) is 23.2. The summed E-state index contributed by atoms with van der Waals surface area (Å²) in [6, 6.07) is 2.23. The molecule has 0 heterocycles. The Hall–Kier alpha value is -1.63. The molecule has 20 heavy (non-hydrogen) atoms. The average Bonchev–Trinajstić information content (AvgIpc) is 2.37. The minimum atomic E-state index is -0.747. The summed E-state index contributed by atoms with van der Waals surface area (Å²) < 4.78 is 18.2. The molecule has 0 radical (unpaired) electrons. The van der Waals surface area contributed by atoms with E-state index < -0.39 is 24.3 Å². The number of nitrogen functional groups attached to an aromatic ring is 1. The van der Waals surface area contributed by atoms with Gasteiger partial charge >= 0.3 is 5.97 Å². The van der Waals surface area contributed by atoms with E-state index in [4.69, 9.17) is 10.5 Å². The second-order valence-corrected chi connectivity index (χ2v) is 5.48. The Labute approximate surface area is 124 Å². The fourth-order valence-electron chi connectivity index (χ4n) is 1.30. The first-order valence-electron chi connectivity index (χ1n) is 5.99. The molecule has 110 valence electrons. The van der Waals surface area contributed by atoms with Crippen molar-refractivity contribution in [3.05, 3.63) is 28.0 Å². The number of amides is 1. The molecule has 0 saturated carbocycles. The Balaban J connectivity index is 2.59. The van der Waals surface area contributed by atoms with Crippen molar-refractivity contribution in [1.29, 1.82) is 0 Å². The fraction of sp³-hybridized carbons (Fsp3) is 0.385. The molecule has 0 atom stereocenters. The van der Waals surface area contributed by atoms with Crippen LogP contribution in [0.4, 0.5) is 10.1 Å². The molecular weight excluding hydrogens is 331 g/mol. The van der Waals surface area contributed by atoms with Crippen LogP contribution in [0.3, 0.4) is 0 Å². The molecule has 1 rings (SSSR count). The van der Waals surface area contributed by atoms with Crippen LogP contribution in [0.5, 0.6) is 0 Å². The SMILES string of the molecule is CC(C)CNC(=O)COC(=O)c1cc(N)c(F)cc1Br. The van der Waals surface area contributed by atoms with E-state index in [9.17, 15) is 14.0 Å². The lowest BCUT2D eigenvalue weighted by atomic mass is 10.2. The van der Waals surface area contributed by atoms with Crippen LogP contribution in [-0.4, -0.2) is 25.0 Å². The lowest BCUT2D eigenvalue weighted by Gasteiger charge is -2.09. The van der Waals surface area contributed by atoms with Crippen LogP contribution < -0.4 is 11.1 Å². The summed E-state index contributed by atoms with van der Waals surface area (Å²) in [5.74, 6) is -1.47. The molecule has 7 heteroatoms. The van der Waals surface area contributed by atoms with Gasteiger partial charge in [-0.3, -0.25) is 4.79 Å².